The zero-order valence-electron chi connectivity index (χ0n) is 5.96. The first-order valence-corrected chi connectivity index (χ1v) is 3.19. The van der Waals surface area contributed by atoms with Crippen molar-refractivity contribution in [3.8, 4) is 0 Å². The van der Waals surface area contributed by atoms with E-state index < -0.39 is 0 Å². The monoisotopic (exact) mass is 147 g/mol. The van der Waals surface area contributed by atoms with Crippen LogP contribution in [0.15, 0.2) is 24.3 Å². The molecule has 0 aliphatic heterocycles. The van der Waals surface area contributed by atoms with Crippen molar-refractivity contribution in [2.45, 2.75) is 0 Å². The molecule has 1 aromatic carbocycles. The third kappa shape index (κ3) is 1.43. The van der Waals surface area contributed by atoms with Crippen LogP contribution >= 0.6 is 0 Å². The van der Waals surface area contributed by atoms with E-state index in [4.69, 9.17) is 16.6 Å². The molecule has 0 aromatic heterocycles. The van der Waals surface area contributed by atoms with Crippen LogP contribution in [-0.2, 0) is 0 Å². The number of nitrogen functional groups attached to an aromatic ring is 1. The Balaban J connectivity index is 3.13. The summed E-state index contributed by atoms with van der Waals surface area (Å²) < 4.78 is 0. The van der Waals surface area contributed by atoms with Crippen LogP contribution in [0.2, 0.25) is 0 Å². The number of benzene rings is 1. The second kappa shape index (κ2) is 2.96. The predicted octanol–water partition coefficient (Wildman–Crippen LogP) is 1.29. The quantitative estimate of drug-likeness (QED) is 0.428. The predicted molar refractivity (Wildman–Crippen MR) is 46.5 cm³/mol. The molecule has 0 aliphatic carbocycles. The van der Waals surface area contributed by atoms with Crippen LogP contribution in [0, 0.1) is 10.8 Å². The fourth-order valence-electron chi connectivity index (χ4n) is 0.820. The Kier molecular flexibility index (Phi) is 2.01. The lowest BCUT2D eigenvalue weighted by Gasteiger charge is -2.00. The summed E-state index contributed by atoms with van der Waals surface area (Å²) in [4.78, 5) is 0. The van der Waals surface area contributed by atoms with Gasteiger partial charge < -0.3 is 11.1 Å². The maximum Gasteiger partial charge on any atom is 0.0808 e. The van der Waals surface area contributed by atoms with Gasteiger partial charge in [-0.3, -0.25) is 5.41 Å². The second-order valence-electron chi connectivity index (χ2n) is 2.15. The van der Waals surface area contributed by atoms with Crippen molar-refractivity contribution >= 4 is 17.6 Å². The smallest absolute Gasteiger partial charge is 0.0808 e. The molecular formula is C8H9N3. The van der Waals surface area contributed by atoms with Crippen molar-refractivity contribution < 1.29 is 0 Å². The first-order chi connectivity index (χ1) is 5.25. The van der Waals surface area contributed by atoms with E-state index in [1.807, 2.05) is 0 Å². The van der Waals surface area contributed by atoms with Gasteiger partial charge in [0.2, 0.25) is 0 Å². The minimum atomic E-state index is 0.142. The van der Waals surface area contributed by atoms with E-state index in [1.54, 1.807) is 24.3 Å². The van der Waals surface area contributed by atoms with Crippen LogP contribution in [-0.4, -0.2) is 11.9 Å². The van der Waals surface area contributed by atoms with Gasteiger partial charge in [0.25, 0.3) is 0 Å². The van der Waals surface area contributed by atoms with Gasteiger partial charge in [-0.1, -0.05) is 18.2 Å². The Morgan fingerprint density at radius 3 is 2.55 bits per heavy atom. The summed E-state index contributed by atoms with van der Waals surface area (Å²) in [5.41, 5.74) is 6.85. The molecule has 1 rings (SSSR count). The maximum atomic E-state index is 7.30. The number of nitrogens with one attached hydrogen (secondary N) is 2. The Labute approximate surface area is 64.9 Å². The van der Waals surface area contributed by atoms with Gasteiger partial charge in [-0.2, -0.15) is 0 Å². The summed E-state index contributed by atoms with van der Waals surface area (Å²) >= 11 is 0. The summed E-state index contributed by atoms with van der Waals surface area (Å²) in [5.74, 6) is 0. The zero-order valence-corrected chi connectivity index (χ0v) is 5.96. The third-order valence-corrected chi connectivity index (χ3v) is 1.40. The molecule has 0 unspecified atom stereocenters. The first kappa shape index (κ1) is 7.47. The summed E-state index contributed by atoms with van der Waals surface area (Å²) in [6, 6.07) is 7.04. The van der Waals surface area contributed by atoms with E-state index in [-0.39, 0.29) is 5.71 Å². The standard InChI is InChI=1S/C8H9N3/c9-5-8(11)6-3-1-2-4-7(6)10/h1-5,9,11H,10H2. The van der Waals surface area contributed by atoms with Crippen molar-refractivity contribution in [2.75, 3.05) is 5.73 Å². The van der Waals surface area contributed by atoms with E-state index in [0.717, 1.165) is 6.21 Å². The largest absolute Gasteiger partial charge is 0.398 e. The van der Waals surface area contributed by atoms with Crippen LogP contribution in [0.25, 0.3) is 0 Å². The molecule has 4 N–H and O–H groups in total. The highest BCUT2D eigenvalue weighted by Crippen LogP contribution is 2.09. The molecule has 0 fully saturated rings. The Bertz CT molecular complexity index is 291. The number of para-hydroxylation sites is 1. The summed E-state index contributed by atoms with van der Waals surface area (Å²) in [5, 5.41) is 14.1. The zero-order chi connectivity index (χ0) is 8.27. The van der Waals surface area contributed by atoms with Crippen LogP contribution < -0.4 is 5.73 Å². The van der Waals surface area contributed by atoms with Crippen LogP contribution in [0.1, 0.15) is 5.56 Å². The Hall–Kier alpha value is -1.64. The van der Waals surface area contributed by atoms with Gasteiger partial charge in [0.1, 0.15) is 0 Å². The molecule has 0 amide bonds. The topological polar surface area (TPSA) is 73.7 Å². The average molecular weight is 147 g/mol. The number of nitrogens with two attached hydrogens (primary N) is 1. The lowest BCUT2D eigenvalue weighted by Crippen LogP contribution is -2.03. The molecule has 11 heavy (non-hydrogen) atoms. The van der Waals surface area contributed by atoms with Crippen molar-refractivity contribution in [3.05, 3.63) is 29.8 Å². The van der Waals surface area contributed by atoms with E-state index >= 15 is 0 Å². The van der Waals surface area contributed by atoms with Crippen molar-refractivity contribution in [2.24, 2.45) is 0 Å². The second-order valence-corrected chi connectivity index (χ2v) is 2.15. The van der Waals surface area contributed by atoms with Gasteiger partial charge >= 0.3 is 0 Å². The summed E-state index contributed by atoms with van der Waals surface area (Å²) in [6.07, 6.45) is 0.978. The van der Waals surface area contributed by atoms with Crippen LogP contribution in [0.4, 0.5) is 5.69 Å². The fourth-order valence-corrected chi connectivity index (χ4v) is 0.820. The summed E-state index contributed by atoms with van der Waals surface area (Å²) in [6.45, 7) is 0. The third-order valence-electron chi connectivity index (χ3n) is 1.40. The van der Waals surface area contributed by atoms with Gasteiger partial charge in [-0.15, -0.1) is 0 Å². The highest BCUT2D eigenvalue weighted by atomic mass is 14.6. The van der Waals surface area contributed by atoms with Crippen molar-refractivity contribution in [1.82, 2.24) is 0 Å². The molecule has 3 nitrogen and oxygen atoms in total. The molecule has 0 heterocycles. The number of rotatable bonds is 2. The maximum absolute atomic E-state index is 7.30. The van der Waals surface area contributed by atoms with Gasteiger partial charge in [0.15, 0.2) is 0 Å². The minimum Gasteiger partial charge on any atom is -0.398 e. The molecule has 3 heteroatoms. The Morgan fingerprint density at radius 1 is 1.36 bits per heavy atom. The SMILES string of the molecule is N=CC(=N)c1ccccc1N. The Morgan fingerprint density at radius 2 is 2.00 bits per heavy atom. The van der Waals surface area contributed by atoms with E-state index in [9.17, 15) is 0 Å². The van der Waals surface area contributed by atoms with E-state index in [1.165, 1.54) is 0 Å². The molecule has 0 bridgehead atoms. The first-order valence-electron chi connectivity index (χ1n) is 3.19. The van der Waals surface area contributed by atoms with Gasteiger partial charge in [0, 0.05) is 17.5 Å². The number of hydrogen-bond acceptors (Lipinski definition) is 3. The minimum absolute atomic E-state index is 0.142. The van der Waals surface area contributed by atoms with Gasteiger partial charge in [-0.25, -0.2) is 0 Å². The highest BCUT2D eigenvalue weighted by Gasteiger charge is 1.99. The van der Waals surface area contributed by atoms with E-state index in [0.29, 0.717) is 11.3 Å². The highest BCUT2D eigenvalue weighted by molar-refractivity contribution is 6.37. The lowest BCUT2D eigenvalue weighted by atomic mass is 10.1. The van der Waals surface area contributed by atoms with Gasteiger partial charge in [0.05, 0.1) is 5.71 Å². The molecular weight excluding hydrogens is 138 g/mol. The molecule has 1 aromatic rings. The van der Waals surface area contributed by atoms with E-state index in [2.05, 4.69) is 0 Å². The molecule has 0 saturated heterocycles. The molecule has 0 spiro atoms. The van der Waals surface area contributed by atoms with Gasteiger partial charge in [-0.05, 0) is 6.07 Å². The fraction of sp³-hybridized carbons (Fsp3) is 0. The molecule has 56 valence electrons. The van der Waals surface area contributed by atoms with Crippen LogP contribution in [0.5, 0.6) is 0 Å². The molecule has 0 radical (unpaired) electrons. The van der Waals surface area contributed by atoms with Crippen LogP contribution in [0.3, 0.4) is 0 Å². The summed E-state index contributed by atoms with van der Waals surface area (Å²) in [7, 11) is 0. The molecule has 0 aliphatic rings. The molecule has 0 saturated carbocycles. The van der Waals surface area contributed by atoms with Crippen molar-refractivity contribution in [1.29, 1.82) is 10.8 Å². The average Bonchev–Trinajstić information content (AvgIpc) is 2.04. The van der Waals surface area contributed by atoms with Crippen molar-refractivity contribution in [3.63, 3.8) is 0 Å². The molecule has 0 atom stereocenters. The normalized spacial score (nSPS) is 9.09. The number of anilines is 1. The lowest BCUT2D eigenvalue weighted by molar-refractivity contribution is 1.49. The number of hydrogen-bond donors (Lipinski definition) is 3.